The van der Waals surface area contributed by atoms with E-state index in [1.165, 1.54) is 22.2 Å². The maximum Gasteiger partial charge on any atom is 0.272 e. The zero-order valence-electron chi connectivity index (χ0n) is 15.9. The zero-order chi connectivity index (χ0) is 19.8. The number of pyridine rings is 1. The molecule has 1 amide bonds. The number of carbonyl (C=O) groups excluding carboxylic acids is 1. The van der Waals surface area contributed by atoms with Gasteiger partial charge in [0.05, 0.1) is 11.8 Å². The van der Waals surface area contributed by atoms with Crippen LogP contribution in [0.3, 0.4) is 0 Å². The summed E-state index contributed by atoms with van der Waals surface area (Å²) in [7, 11) is 0. The Kier molecular flexibility index (Phi) is 4.68. The zero-order valence-corrected chi connectivity index (χ0v) is 16.7. The number of rotatable bonds is 4. The molecule has 6 nitrogen and oxygen atoms in total. The van der Waals surface area contributed by atoms with Crippen molar-refractivity contribution in [1.29, 1.82) is 0 Å². The van der Waals surface area contributed by atoms with E-state index in [0.717, 1.165) is 27.0 Å². The number of anilines is 1. The first-order valence-corrected chi connectivity index (χ1v) is 9.93. The maximum absolute atomic E-state index is 13.1. The van der Waals surface area contributed by atoms with Gasteiger partial charge in [-0.25, -0.2) is 9.97 Å². The van der Waals surface area contributed by atoms with E-state index in [2.05, 4.69) is 15.3 Å². The van der Waals surface area contributed by atoms with Crippen LogP contribution in [0.1, 0.15) is 30.5 Å². The normalized spacial score (nSPS) is 12.4. The minimum Gasteiger partial charge on any atom is -0.324 e. The van der Waals surface area contributed by atoms with Crippen molar-refractivity contribution in [3.05, 3.63) is 64.3 Å². The van der Waals surface area contributed by atoms with E-state index in [9.17, 15) is 9.59 Å². The highest BCUT2D eigenvalue weighted by Crippen LogP contribution is 2.28. The monoisotopic (exact) mass is 392 g/mol. The lowest BCUT2D eigenvalue weighted by molar-refractivity contribution is -0.119. The molecular formula is C21H20N4O2S. The Bertz CT molecular complexity index is 1260. The van der Waals surface area contributed by atoms with E-state index in [0.29, 0.717) is 16.6 Å². The van der Waals surface area contributed by atoms with Gasteiger partial charge in [0.2, 0.25) is 5.91 Å². The topological polar surface area (TPSA) is 76.9 Å². The van der Waals surface area contributed by atoms with Crippen LogP contribution >= 0.6 is 11.3 Å². The van der Waals surface area contributed by atoms with Crippen LogP contribution in [-0.2, 0) is 4.79 Å². The number of benzene rings is 1. The minimum atomic E-state index is -0.637. The molecule has 7 heteroatoms. The number of fused-ring (bicyclic) bond motifs is 3. The Morgan fingerprint density at radius 2 is 2.07 bits per heavy atom. The lowest BCUT2D eigenvalue weighted by atomic mass is 10.1. The summed E-state index contributed by atoms with van der Waals surface area (Å²) in [6.07, 6.45) is 3.65. The number of aryl methyl sites for hydroxylation is 2. The standard InChI is InChI=1S/C21H20N4O2S/c1-4-16(19(26)24-15-10-12(2)7-8-13(15)3)25-11-23-17-14-6-5-9-22-20(14)28-18(17)21(25)27/h5-11,16H,4H2,1-3H3,(H,24,26)/t16-/m0/s1. The molecular weight excluding hydrogens is 372 g/mol. The Hall–Kier alpha value is -3.06. The predicted molar refractivity (Wildman–Crippen MR) is 113 cm³/mol. The molecule has 1 atom stereocenters. The number of thiophene rings is 1. The average Bonchev–Trinajstić information content (AvgIpc) is 3.07. The molecule has 0 aliphatic heterocycles. The fraction of sp³-hybridized carbons (Fsp3) is 0.238. The number of nitrogens with zero attached hydrogens (tertiary/aromatic N) is 3. The summed E-state index contributed by atoms with van der Waals surface area (Å²) < 4.78 is 1.95. The van der Waals surface area contributed by atoms with Crippen LogP contribution in [0.2, 0.25) is 0 Å². The number of aromatic nitrogens is 3. The number of hydrogen-bond acceptors (Lipinski definition) is 5. The van der Waals surface area contributed by atoms with Gasteiger partial charge in [-0.2, -0.15) is 0 Å². The van der Waals surface area contributed by atoms with E-state index in [4.69, 9.17) is 0 Å². The van der Waals surface area contributed by atoms with Gasteiger partial charge in [-0.05, 0) is 49.6 Å². The second-order valence-corrected chi connectivity index (χ2v) is 7.82. The van der Waals surface area contributed by atoms with Crippen LogP contribution in [0.5, 0.6) is 0 Å². The molecule has 4 aromatic rings. The Balaban J connectivity index is 1.75. The molecule has 0 radical (unpaired) electrons. The molecule has 3 aromatic heterocycles. The van der Waals surface area contributed by atoms with Crippen molar-refractivity contribution < 1.29 is 4.79 Å². The lowest BCUT2D eigenvalue weighted by Gasteiger charge is -2.18. The lowest BCUT2D eigenvalue weighted by Crippen LogP contribution is -2.33. The summed E-state index contributed by atoms with van der Waals surface area (Å²) in [6, 6.07) is 9.00. The van der Waals surface area contributed by atoms with Gasteiger partial charge < -0.3 is 5.32 Å². The number of hydrogen-bond donors (Lipinski definition) is 1. The molecule has 0 unspecified atom stereocenters. The van der Waals surface area contributed by atoms with Crippen molar-refractivity contribution in [2.75, 3.05) is 5.32 Å². The number of amides is 1. The molecule has 4 rings (SSSR count). The Labute approximate surface area is 165 Å². The molecule has 28 heavy (non-hydrogen) atoms. The number of carbonyl (C=O) groups is 1. The van der Waals surface area contributed by atoms with Gasteiger partial charge in [0, 0.05) is 17.3 Å². The molecule has 0 fully saturated rings. The molecule has 1 aromatic carbocycles. The first-order valence-electron chi connectivity index (χ1n) is 9.12. The van der Waals surface area contributed by atoms with E-state index < -0.39 is 6.04 Å². The van der Waals surface area contributed by atoms with Crippen LogP contribution in [-0.4, -0.2) is 20.4 Å². The van der Waals surface area contributed by atoms with Crippen LogP contribution in [0, 0.1) is 13.8 Å². The second kappa shape index (κ2) is 7.16. The van der Waals surface area contributed by atoms with Crippen molar-refractivity contribution >= 4 is 43.4 Å². The van der Waals surface area contributed by atoms with E-state index >= 15 is 0 Å². The van der Waals surface area contributed by atoms with Crippen molar-refractivity contribution in [3.63, 3.8) is 0 Å². The third kappa shape index (κ3) is 3.07. The smallest absolute Gasteiger partial charge is 0.272 e. The van der Waals surface area contributed by atoms with E-state index in [1.807, 2.05) is 51.1 Å². The quantitative estimate of drug-likeness (QED) is 0.564. The third-order valence-electron chi connectivity index (χ3n) is 4.86. The molecule has 0 saturated carbocycles. The van der Waals surface area contributed by atoms with Crippen molar-refractivity contribution in [2.24, 2.45) is 0 Å². The van der Waals surface area contributed by atoms with Crippen LogP contribution in [0.4, 0.5) is 5.69 Å². The molecule has 0 aliphatic carbocycles. The van der Waals surface area contributed by atoms with Gasteiger partial charge in [-0.3, -0.25) is 14.2 Å². The molecule has 3 heterocycles. The Morgan fingerprint density at radius 1 is 1.25 bits per heavy atom. The van der Waals surface area contributed by atoms with Gasteiger partial charge in [0.25, 0.3) is 5.56 Å². The van der Waals surface area contributed by atoms with Crippen LogP contribution in [0.25, 0.3) is 20.4 Å². The van der Waals surface area contributed by atoms with Crippen molar-refractivity contribution in [1.82, 2.24) is 14.5 Å². The minimum absolute atomic E-state index is 0.212. The fourth-order valence-electron chi connectivity index (χ4n) is 3.30. The molecule has 0 aliphatic rings. The maximum atomic E-state index is 13.1. The third-order valence-corrected chi connectivity index (χ3v) is 5.95. The average molecular weight is 392 g/mol. The van der Waals surface area contributed by atoms with Gasteiger partial charge >= 0.3 is 0 Å². The summed E-state index contributed by atoms with van der Waals surface area (Å²) in [4.78, 5) is 35.6. The van der Waals surface area contributed by atoms with Gasteiger partial charge in [0.1, 0.15) is 15.6 Å². The highest BCUT2D eigenvalue weighted by Gasteiger charge is 2.23. The summed E-state index contributed by atoms with van der Waals surface area (Å²) in [5.74, 6) is -0.223. The van der Waals surface area contributed by atoms with Crippen LogP contribution < -0.4 is 10.9 Å². The van der Waals surface area contributed by atoms with E-state index in [1.54, 1.807) is 6.20 Å². The molecule has 0 saturated heterocycles. The molecule has 0 bridgehead atoms. The summed E-state index contributed by atoms with van der Waals surface area (Å²) in [5, 5.41) is 3.83. The molecule has 142 valence electrons. The van der Waals surface area contributed by atoms with Gasteiger partial charge in [-0.15, -0.1) is 11.3 Å². The summed E-state index contributed by atoms with van der Waals surface area (Å²) >= 11 is 1.31. The fourth-order valence-corrected chi connectivity index (χ4v) is 4.33. The first-order chi connectivity index (χ1) is 13.5. The second-order valence-electron chi connectivity index (χ2n) is 6.82. The predicted octanol–water partition coefficient (Wildman–Crippen LogP) is 4.21. The summed E-state index contributed by atoms with van der Waals surface area (Å²) in [6.45, 7) is 5.81. The largest absolute Gasteiger partial charge is 0.324 e. The first kappa shape index (κ1) is 18.3. The SMILES string of the molecule is CC[C@@H](C(=O)Nc1cc(C)ccc1C)n1cnc2c(sc3ncccc32)c1=O. The van der Waals surface area contributed by atoms with Gasteiger partial charge in [-0.1, -0.05) is 19.1 Å². The summed E-state index contributed by atoms with van der Waals surface area (Å²) in [5.41, 5.74) is 3.23. The highest BCUT2D eigenvalue weighted by molar-refractivity contribution is 7.25. The molecule has 1 N–H and O–H groups in total. The van der Waals surface area contributed by atoms with Crippen molar-refractivity contribution in [3.8, 4) is 0 Å². The van der Waals surface area contributed by atoms with E-state index in [-0.39, 0.29) is 11.5 Å². The van der Waals surface area contributed by atoms with Crippen LogP contribution in [0.15, 0.2) is 47.7 Å². The molecule has 0 spiro atoms. The van der Waals surface area contributed by atoms with Crippen molar-refractivity contribution in [2.45, 2.75) is 33.2 Å². The van der Waals surface area contributed by atoms with Gasteiger partial charge in [0.15, 0.2) is 0 Å². The highest BCUT2D eigenvalue weighted by atomic mass is 32.1. The Morgan fingerprint density at radius 3 is 2.86 bits per heavy atom. The number of nitrogens with one attached hydrogen (secondary N) is 1.